The first-order valence-corrected chi connectivity index (χ1v) is 5.16. The van der Waals surface area contributed by atoms with Crippen molar-refractivity contribution in [1.82, 2.24) is 4.98 Å². The van der Waals surface area contributed by atoms with E-state index in [2.05, 4.69) is 33.9 Å². The lowest BCUT2D eigenvalue weighted by atomic mass is 10.1. The number of rotatable bonds is 1. The minimum absolute atomic E-state index is 0.535. The number of aromatic nitrogens is 1. The molecule has 0 saturated heterocycles. The highest BCUT2D eigenvalue weighted by atomic mass is 79.9. The molecule has 0 spiro atoms. The molecular formula is C11H10BrNO. The van der Waals surface area contributed by atoms with Gasteiger partial charge in [0.25, 0.3) is 4.80 Å². The predicted molar refractivity (Wildman–Crippen MR) is 59.1 cm³/mol. The Labute approximate surface area is 91.1 Å². The second-order valence-electron chi connectivity index (χ2n) is 3.19. The van der Waals surface area contributed by atoms with Crippen LogP contribution in [0.25, 0.3) is 11.3 Å². The minimum Gasteiger partial charge on any atom is -0.436 e. The summed E-state index contributed by atoms with van der Waals surface area (Å²) in [5, 5.41) is 0. The monoisotopic (exact) mass is 251 g/mol. The standard InChI is InChI=1S/C11H10BrNO/c1-7-5-3-4-6-9(7)10-8(2)14-11(12)13-10/h3-6H,1-2H3. The molecule has 1 heterocycles. The molecule has 1 aromatic heterocycles. The van der Waals surface area contributed by atoms with Gasteiger partial charge in [0.2, 0.25) is 0 Å². The van der Waals surface area contributed by atoms with Crippen molar-refractivity contribution in [3.8, 4) is 11.3 Å². The Morgan fingerprint density at radius 2 is 1.93 bits per heavy atom. The average Bonchev–Trinajstić information content (AvgIpc) is 2.46. The fourth-order valence-electron chi connectivity index (χ4n) is 1.45. The molecule has 2 rings (SSSR count). The second-order valence-corrected chi connectivity index (χ2v) is 3.86. The van der Waals surface area contributed by atoms with Crippen LogP contribution in [0.4, 0.5) is 0 Å². The van der Waals surface area contributed by atoms with E-state index in [1.807, 2.05) is 25.1 Å². The van der Waals surface area contributed by atoms with Gasteiger partial charge in [-0.3, -0.25) is 0 Å². The first-order chi connectivity index (χ1) is 6.68. The number of halogens is 1. The first kappa shape index (κ1) is 9.46. The summed E-state index contributed by atoms with van der Waals surface area (Å²) in [5.41, 5.74) is 3.24. The Morgan fingerprint density at radius 3 is 2.50 bits per heavy atom. The van der Waals surface area contributed by atoms with Gasteiger partial charge in [0.1, 0.15) is 11.5 Å². The lowest BCUT2D eigenvalue weighted by molar-refractivity contribution is 0.501. The van der Waals surface area contributed by atoms with E-state index < -0.39 is 0 Å². The summed E-state index contributed by atoms with van der Waals surface area (Å²) in [6.07, 6.45) is 0. The maximum atomic E-state index is 5.33. The summed E-state index contributed by atoms with van der Waals surface area (Å²) < 4.78 is 5.33. The smallest absolute Gasteiger partial charge is 0.264 e. The van der Waals surface area contributed by atoms with Crippen molar-refractivity contribution in [3.05, 3.63) is 40.4 Å². The van der Waals surface area contributed by atoms with Crippen LogP contribution in [0, 0.1) is 13.8 Å². The average molecular weight is 252 g/mol. The molecular weight excluding hydrogens is 242 g/mol. The Bertz CT molecular complexity index is 462. The molecule has 0 aliphatic heterocycles. The molecule has 0 atom stereocenters. The van der Waals surface area contributed by atoms with Gasteiger partial charge in [-0.25, -0.2) is 4.98 Å². The van der Waals surface area contributed by atoms with Gasteiger partial charge in [-0.1, -0.05) is 24.3 Å². The van der Waals surface area contributed by atoms with Gasteiger partial charge < -0.3 is 4.42 Å². The Morgan fingerprint density at radius 1 is 1.21 bits per heavy atom. The van der Waals surface area contributed by atoms with Crippen molar-refractivity contribution >= 4 is 15.9 Å². The topological polar surface area (TPSA) is 26.0 Å². The number of aryl methyl sites for hydroxylation is 2. The lowest BCUT2D eigenvalue weighted by Crippen LogP contribution is -1.84. The van der Waals surface area contributed by atoms with Crippen molar-refractivity contribution in [2.24, 2.45) is 0 Å². The predicted octanol–water partition coefficient (Wildman–Crippen LogP) is 3.72. The zero-order valence-corrected chi connectivity index (χ0v) is 9.63. The van der Waals surface area contributed by atoms with E-state index in [-0.39, 0.29) is 0 Å². The number of oxazole rings is 1. The van der Waals surface area contributed by atoms with Crippen molar-refractivity contribution < 1.29 is 4.42 Å². The molecule has 72 valence electrons. The normalized spacial score (nSPS) is 10.5. The van der Waals surface area contributed by atoms with Crippen LogP contribution < -0.4 is 0 Å². The number of benzene rings is 1. The third-order valence-electron chi connectivity index (χ3n) is 2.17. The van der Waals surface area contributed by atoms with Gasteiger partial charge in [0.05, 0.1) is 0 Å². The third-order valence-corrected chi connectivity index (χ3v) is 2.51. The van der Waals surface area contributed by atoms with Crippen LogP contribution in [0.3, 0.4) is 0 Å². The molecule has 14 heavy (non-hydrogen) atoms. The lowest BCUT2D eigenvalue weighted by Gasteiger charge is -2.01. The van der Waals surface area contributed by atoms with E-state index in [4.69, 9.17) is 4.42 Å². The summed E-state index contributed by atoms with van der Waals surface area (Å²) in [6, 6.07) is 8.14. The molecule has 1 aromatic carbocycles. The molecule has 0 amide bonds. The highest BCUT2D eigenvalue weighted by Crippen LogP contribution is 2.27. The van der Waals surface area contributed by atoms with Crippen molar-refractivity contribution in [2.75, 3.05) is 0 Å². The zero-order chi connectivity index (χ0) is 10.1. The molecule has 0 N–H and O–H groups in total. The van der Waals surface area contributed by atoms with Crippen LogP contribution in [0.2, 0.25) is 0 Å². The minimum atomic E-state index is 0.535. The summed E-state index contributed by atoms with van der Waals surface area (Å²) in [4.78, 5) is 4.83. The summed E-state index contributed by atoms with van der Waals surface area (Å²) in [7, 11) is 0. The summed E-state index contributed by atoms with van der Waals surface area (Å²) in [6.45, 7) is 3.98. The Kier molecular flexibility index (Phi) is 2.42. The van der Waals surface area contributed by atoms with Gasteiger partial charge in [0, 0.05) is 21.5 Å². The highest BCUT2D eigenvalue weighted by molar-refractivity contribution is 9.10. The fourth-order valence-corrected chi connectivity index (χ4v) is 1.87. The molecule has 0 saturated carbocycles. The zero-order valence-electron chi connectivity index (χ0n) is 8.04. The molecule has 0 aliphatic rings. The second kappa shape index (κ2) is 3.58. The Hall–Kier alpha value is -1.09. The molecule has 0 fully saturated rings. The van der Waals surface area contributed by atoms with Crippen LogP contribution in [0.15, 0.2) is 33.5 Å². The van der Waals surface area contributed by atoms with Crippen LogP contribution in [0.1, 0.15) is 11.3 Å². The van der Waals surface area contributed by atoms with Crippen molar-refractivity contribution in [3.63, 3.8) is 0 Å². The highest BCUT2D eigenvalue weighted by Gasteiger charge is 2.10. The largest absolute Gasteiger partial charge is 0.436 e. The molecule has 0 bridgehead atoms. The van der Waals surface area contributed by atoms with Gasteiger partial charge in [0.15, 0.2) is 0 Å². The van der Waals surface area contributed by atoms with Gasteiger partial charge >= 0.3 is 0 Å². The number of hydrogen-bond donors (Lipinski definition) is 0. The number of nitrogens with zero attached hydrogens (tertiary/aromatic N) is 1. The van der Waals surface area contributed by atoms with Gasteiger partial charge in [-0.15, -0.1) is 0 Å². The first-order valence-electron chi connectivity index (χ1n) is 4.37. The fraction of sp³-hybridized carbons (Fsp3) is 0.182. The van der Waals surface area contributed by atoms with Crippen LogP contribution in [-0.4, -0.2) is 4.98 Å². The van der Waals surface area contributed by atoms with Crippen LogP contribution >= 0.6 is 15.9 Å². The van der Waals surface area contributed by atoms with Crippen LogP contribution in [0.5, 0.6) is 0 Å². The Balaban J connectivity index is 2.60. The SMILES string of the molecule is Cc1ccccc1-c1nc(Br)oc1C. The molecule has 2 nitrogen and oxygen atoms in total. The molecule has 0 unspecified atom stereocenters. The molecule has 2 aromatic rings. The van der Waals surface area contributed by atoms with Gasteiger partial charge in [-0.2, -0.15) is 0 Å². The number of hydrogen-bond acceptors (Lipinski definition) is 2. The molecule has 0 aliphatic carbocycles. The summed E-state index contributed by atoms with van der Waals surface area (Å²) >= 11 is 3.23. The maximum absolute atomic E-state index is 5.33. The summed E-state index contributed by atoms with van der Waals surface area (Å²) in [5.74, 6) is 0.839. The van der Waals surface area contributed by atoms with E-state index in [0.29, 0.717) is 4.80 Å². The van der Waals surface area contributed by atoms with E-state index in [0.717, 1.165) is 17.0 Å². The van der Waals surface area contributed by atoms with E-state index in [1.165, 1.54) is 5.56 Å². The maximum Gasteiger partial charge on any atom is 0.264 e. The quantitative estimate of drug-likeness (QED) is 0.773. The van der Waals surface area contributed by atoms with Crippen molar-refractivity contribution in [2.45, 2.75) is 13.8 Å². The van der Waals surface area contributed by atoms with Crippen LogP contribution in [-0.2, 0) is 0 Å². The van der Waals surface area contributed by atoms with Gasteiger partial charge in [-0.05, 0) is 19.4 Å². The van der Waals surface area contributed by atoms with E-state index in [1.54, 1.807) is 0 Å². The third kappa shape index (κ3) is 1.60. The molecule has 3 heteroatoms. The van der Waals surface area contributed by atoms with Crippen molar-refractivity contribution in [1.29, 1.82) is 0 Å². The van der Waals surface area contributed by atoms with E-state index in [9.17, 15) is 0 Å². The van der Waals surface area contributed by atoms with E-state index >= 15 is 0 Å². The molecule has 0 radical (unpaired) electrons.